The lowest BCUT2D eigenvalue weighted by Gasteiger charge is -2.04. The van der Waals surface area contributed by atoms with Crippen LogP contribution in [0.5, 0.6) is 0 Å². The molecule has 0 spiro atoms. The number of fused-ring (bicyclic) bond motifs is 1. The number of aromatic nitrogens is 1. The number of hydrogen-bond acceptors (Lipinski definition) is 3. The number of amides is 1. The maximum Gasteiger partial charge on any atom is 0.267 e. The van der Waals surface area contributed by atoms with E-state index in [-0.39, 0.29) is 5.78 Å². The number of carbonyl (C=O) groups is 2. The zero-order chi connectivity index (χ0) is 17.8. The molecular formula is C20H20N2O3. The maximum absolute atomic E-state index is 12.8. The highest BCUT2D eigenvalue weighted by Crippen LogP contribution is 2.26. The molecule has 0 saturated heterocycles. The van der Waals surface area contributed by atoms with Crippen molar-refractivity contribution in [3.05, 3.63) is 70.6 Å². The highest BCUT2D eigenvalue weighted by Gasteiger charge is 2.19. The van der Waals surface area contributed by atoms with Gasteiger partial charge in [-0.3, -0.25) is 14.8 Å². The Morgan fingerprint density at radius 3 is 2.88 bits per heavy atom. The number of hydrogen-bond donors (Lipinski definition) is 2. The zero-order valence-corrected chi connectivity index (χ0v) is 14.0. The first-order valence-corrected chi connectivity index (χ1v) is 8.20. The number of ketones is 1. The number of rotatable bonds is 3. The molecule has 5 heteroatoms. The van der Waals surface area contributed by atoms with Crippen LogP contribution in [0.2, 0.25) is 0 Å². The molecule has 5 nitrogen and oxygen atoms in total. The molecule has 1 aromatic heterocycles. The maximum atomic E-state index is 12.8. The van der Waals surface area contributed by atoms with Crippen LogP contribution in [0.15, 0.2) is 48.2 Å². The van der Waals surface area contributed by atoms with Crippen LogP contribution in [0.1, 0.15) is 40.0 Å². The Hall–Kier alpha value is -2.92. The summed E-state index contributed by atoms with van der Waals surface area (Å²) in [7, 11) is 1.86. The summed E-state index contributed by atoms with van der Waals surface area (Å²) in [5.41, 5.74) is 5.98. The van der Waals surface area contributed by atoms with Crippen molar-refractivity contribution in [2.75, 3.05) is 0 Å². The third-order valence-corrected chi connectivity index (χ3v) is 4.37. The molecular weight excluding hydrogens is 316 g/mol. The molecule has 0 fully saturated rings. The number of allylic oxidation sites excluding steroid dienone is 1. The number of benzene rings is 1. The number of hydroxylamine groups is 1. The van der Waals surface area contributed by atoms with Gasteiger partial charge in [0.2, 0.25) is 0 Å². The molecule has 0 aliphatic heterocycles. The SMILES string of the molecule is Cn1cc(/C=C2\CCCc3ccccc3C2=O)cc1/C=C/C(=O)NO. The Morgan fingerprint density at radius 1 is 1.28 bits per heavy atom. The minimum Gasteiger partial charge on any atom is -0.350 e. The van der Waals surface area contributed by atoms with Crippen molar-refractivity contribution in [1.82, 2.24) is 10.0 Å². The lowest BCUT2D eigenvalue weighted by molar-refractivity contribution is -0.124. The quantitative estimate of drug-likeness (QED) is 0.391. The molecule has 0 saturated carbocycles. The molecule has 1 aliphatic rings. The average Bonchev–Trinajstić information content (AvgIpc) is 2.89. The van der Waals surface area contributed by atoms with E-state index in [1.165, 1.54) is 6.08 Å². The average molecular weight is 336 g/mol. The summed E-state index contributed by atoms with van der Waals surface area (Å²) >= 11 is 0. The third-order valence-electron chi connectivity index (χ3n) is 4.37. The van der Waals surface area contributed by atoms with E-state index < -0.39 is 5.91 Å². The molecule has 0 radical (unpaired) electrons. The molecule has 0 bridgehead atoms. The van der Waals surface area contributed by atoms with Crippen molar-refractivity contribution >= 4 is 23.8 Å². The molecule has 1 heterocycles. The Balaban J connectivity index is 1.89. The normalized spacial score (nSPS) is 16.1. The summed E-state index contributed by atoms with van der Waals surface area (Å²) < 4.78 is 1.86. The fourth-order valence-corrected chi connectivity index (χ4v) is 3.11. The van der Waals surface area contributed by atoms with Crippen LogP contribution in [-0.4, -0.2) is 21.5 Å². The van der Waals surface area contributed by atoms with Crippen molar-refractivity contribution in [2.24, 2.45) is 7.05 Å². The minimum atomic E-state index is -0.586. The second kappa shape index (κ2) is 7.32. The van der Waals surface area contributed by atoms with Gasteiger partial charge in [0.15, 0.2) is 5.78 Å². The minimum absolute atomic E-state index is 0.0914. The fourth-order valence-electron chi connectivity index (χ4n) is 3.11. The van der Waals surface area contributed by atoms with Crippen molar-refractivity contribution in [2.45, 2.75) is 19.3 Å². The molecule has 2 aromatic rings. The number of nitrogens with zero attached hydrogens (tertiary/aromatic N) is 1. The largest absolute Gasteiger partial charge is 0.350 e. The standard InChI is InChI=1S/C20H20N2O3/c1-22-13-14(12-17(22)9-10-19(23)21-25)11-16-7-4-6-15-5-2-3-8-18(15)20(16)24/h2-3,5,8-13,25H,4,6-7H2,1H3,(H,21,23)/b10-9+,16-11+. The lowest BCUT2D eigenvalue weighted by atomic mass is 9.99. The van der Waals surface area contributed by atoms with Crippen LogP contribution in [0.25, 0.3) is 12.2 Å². The van der Waals surface area contributed by atoms with E-state index in [1.807, 2.05) is 54.2 Å². The Labute approximate surface area is 146 Å². The first-order chi connectivity index (χ1) is 12.1. The predicted octanol–water partition coefficient (Wildman–Crippen LogP) is 3.15. The summed E-state index contributed by atoms with van der Waals surface area (Å²) in [5, 5.41) is 8.53. The van der Waals surface area contributed by atoms with Gasteiger partial charge >= 0.3 is 0 Å². The summed E-state index contributed by atoms with van der Waals surface area (Å²) in [6.45, 7) is 0. The molecule has 1 amide bonds. The number of nitrogens with one attached hydrogen (secondary N) is 1. The first-order valence-electron chi connectivity index (χ1n) is 8.20. The van der Waals surface area contributed by atoms with Crippen molar-refractivity contribution in [1.29, 1.82) is 0 Å². The van der Waals surface area contributed by atoms with Crippen LogP contribution in [0.4, 0.5) is 0 Å². The van der Waals surface area contributed by atoms with Crippen LogP contribution < -0.4 is 5.48 Å². The lowest BCUT2D eigenvalue weighted by Crippen LogP contribution is -2.14. The van der Waals surface area contributed by atoms with Crippen LogP contribution in [-0.2, 0) is 18.3 Å². The van der Waals surface area contributed by atoms with E-state index in [0.717, 1.165) is 47.2 Å². The Kier molecular flexibility index (Phi) is 4.95. The van der Waals surface area contributed by atoms with E-state index in [0.29, 0.717) is 0 Å². The molecule has 2 N–H and O–H groups in total. The second-order valence-electron chi connectivity index (χ2n) is 6.13. The van der Waals surface area contributed by atoms with Crippen molar-refractivity contribution in [3.63, 3.8) is 0 Å². The van der Waals surface area contributed by atoms with E-state index >= 15 is 0 Å². The van der Waals surface area contributed by atoms with E-state index in [4.69, 9.17) is 5.21 Å². The number of carbonyl (C=O) groups excluding carboxylic acids is 2. The van der Waals surface area contributed by atoms with Gasteiger partial charge in [0.05, 0.1) is 0 Å². The topological polar surface area (TPSA) is 71.3 Å². The molecule has 0 atom stereocenters. The third kappa shape index (κ3) is 3.78. The van der Waals surface area contributed by atoms with Crippen LogP contribution in [0.3, 0.4) is 0 Å². The van der Waals surface area contributed by atoms with Gasteiger partial charge in [0.25, 0.3) is 5.91 Å². The van der Waals surface area contributed by atoms with Crippen LogP contribution >= 0.6 is 0 Å². The smallest absolute Gasteiger partial charge is 0.267 e. The van der Waals surface area contributed by atoms with E-state index in [1.54, 1.807) is 11.6 Å². The van der Waals surface area contributed by atoms with Crippen molar-refractivity contribution < 1.29 is 14.8 Å². The van der Waals surface area contributed by atoms with Gasteiger partial charge in [-0.15, -0.1) is 0 Å². The Morgan fingerprint density at radius 2 is 2.08 bits per heavy atom. The van der Waals surface area contributed by atoms with Gasteiger partial charge in [-0.25, -0.2) is 5.48 Å². The van der Waals surface area contributed by atoms with E-state index in [9.17, 15) is 9.59 Å². The van der Waals surface area contributed by atoms with Gasteiger partial charge in [0.1, 0.15) is 0 Å². The molecule has 1 aromatic carbocycles. The Bertz CT molecular complexity index is 875. The second-order valence-corrected chi connectivity index (χ2v) is 6.13. The first kappa shape index (κ1) is 16.9. The molecule has 3 rings (SSSR count). The number of Topliss-reactive ketones (excluding diaryl/α,β-unsaturated/α-hetero) is 1. The highest BCUT2D eigenvalue weighted by atomic mass is 16.5. The molecule has 0 unspecified atom stereocenters. The summed E-state index contributed by atoms with van der Waals surface area (Å²) in [5.74, 6) is -0.495. The van der Waals surface area contributed by atoms with Crippen molar-refractivity contribution in [3.8, 4) is 0 Å². The van der Waals surface area contributed by atoms with Gasteiger partial charge < -0.3 is 4.57 Å². The summed E-state index contributed by atoms with van der Waals surface area (Å²) in [6, 6.07) is 9.69. The monoisotopic (exact) mass is 336 g/mol. The van der Waals surface area contributed by atoms with Gasteiger partial charge in [0, 0.05) is 36.2 Å². The summed E-state index contributed by atoms with van der Waals surface area (Å²) in [4.78, 5) is 23.9. The number of aryl methyl sites for hydroxylation is 2. The summed E-state index contributed by atoms with van der Waals surface area (Å²) in [6.07, 6.45) is 9.31. The van der Waals surface area contributed by atoms with Gasteiger partial charge in [-0.1, -0.05) is 24.3 Å². The zero-order valence-electron chi connectivity index (χ0n) is 14.0. The van der Waals surface area contributed by atoms with E-state index in [2.05, 4.69) is 0 Å². The molecule has 25 heavy (non-hydrogen) atoms. The van der Waals surface area contributed by atoms with Gasteiger partial charge in [-0.2, -0.15) is 0 Å². The predicted molar refractivity (Wildman–Crippen MR) is 96.1 cm³/mol. The highest BCUT2D eigenvalue weighted by molar-refractivity contribution is 6.12. The fraction of sp³-hybridized carbons (Fsp3) is 0.200. The van der Waals surface area contributed by atoms with Crippen LogP contribution in [0, 0.1) is 0 Å². The van der Waals surface area contributed by atoms with Gasteiger partial charge in [-0.05, 0) is 48.6 Å². The molecule has 1 aliphatic carbocycles. The molecule has 128 valence electrons.